The molecule has 2 fully saturated rings. The summed E-state index contributed by atoms with van der Waals surface area (Å²) < 4.78 is 0. The molecule has 0 aromatic carbocycles. The second-order valence-electron chi connectivity index (χ2n) is 8.20. The van der Waals surface area contributed by atoms with Gasteiger partial charge in [-0.1, -0.05) is 33.6 Å². The Morgan fingerprint density at radius 3 is 2.27 bits per heavy atom. The minimum absolute atomic E-state index is 0. The van der Waals surface area contributed by atoms with Crippen LogP contribution in [0.2, 0.25) is 0 Å². The molecular formula is C20H39IN4O. The van der Waals surface area contributed by atoms with Crippen LogP contribution < -0.4 is 10.6 Å². The summed E-state index contributed by atoms with van der Waals surface area (Å²) in [6, 6.07) is 0.410. The summed E-state index contributed by atoms with van der Waals surface area (Å²) in [6.07, 6.45) is 9.24. The Morgan fingerprint density at radius 2 is 1.77 bits per heavy atom. The van der Waals surface area contributed by atoms with Crippen LogP contribution in [0.1, 0.15) is 72.1 Å². The molecule has 1 amide bonds. The molecular weight excluding hydrogens is 439 g/mol. The number of carbonyl (C=O) groups is 1. The van der Waals surface area contributed by atoms with E-state index in [1.807, 2.05) is 7.05 Å². The molecule has 26 heavy (non-hydrogen) atoms. The zero-order valence-corrected chi connectivity index (χ0v) is 19.5. The molecule has 0 radical (unpaired) electrons. The Balaban J connectivity index is 0.00000338. The number of aliphatic imine (C=N–C) groups is 1. The lowest BCUT2D eigenvalue weighted by Crippen LogP contribution is -2.51. The van der Waals surface area contributed by atoms with Crippen molar-refractivity contribution in [1.29, 1.82) is 0 Å². The summed E-state index contributed by atoms with van der Waals surface area (Å²) >= 11 is 0. The van der Waals surface area contributed by atoms with Crippen LogP contribution >= 0.6 is 24.0 Å². The van der Waals surface area contributed by atoms with Crippen LogP contribution in [0.4, 0.5) is 0 Å². The number of amides is 1. The molecule has 5 nitrogen and oxygen atoms in total. The number of carbonyl (C=O) groups excluding carboxylic acids is 1. The Morgan fingerprint density at radius 1 is 1.19 bits per heavy atom. The van der Waals surface area contributed by atoms with E-state index in [1.165, 1.54) is 25.7 Å². The van der Waals surface area contributed by atoms with Gasteiger partial charge in [-0.3, -0.25) is 9.79 Å². The first-order chi connectivity index (χ1) is 12.0. The highest BCUT2D eigenvalue weighted by molar-refractivity contribution is 14.0. The van der Waals surface area contributed by atoms with E-state index < -0.39 is 0 Å². The van der Waals surface area contributed by atoms with Crippen molar-refractivity contribution >= 4 is 35.8 Å². The molecule has 1 heterocycles. The molecule has 1 aliphatic carbocycles. The summed E-state index contributed by atoms with van der Waals surface area (Å²) in [4.78, 5) is 19.0. The lowest BCUT2D eigenvalue weighted by atomic mass is 9.89. The Kier molecular flexibility index (Phi) is 10.3. The highest BCUT2D eigenvalue weighted by Crippen LogP contribution is 2.36. The summed E-state index contributed by atoms with van der Waals surface area (Å²) in [7, 11) is 1.85. The van der Waals surface area contributed by atoms with Crippen LogP contribution in [0.5, 0.6) is 0 Å². The standard InChI is InChI=1S/C20H38N4O.HI/c1-5-16(6-2)18(25)24-13-9-17(10-14-24)23-19(21-4)22-15-20(3)11-7-8-12-20;/h16-17H,5-15H2,1-4H3,(H2,21,22,23);1H. The normalized spacial score (nSPS) is 20.8. The molecule has 1 aliphatic heterocycles. The SMILES string of the molecule is CCC(CC)C(=O)N1CCC(NC(=NC)NCC2(C)CCCC2)CC1.I. The summed E-state index contributed by atoms with van der Waals surface area (Å²) in [5.41, 5.74) is 0.419. The molecule has 152 valence electrons. The first-order valence-electron chi connectivity index (χ1n) is 10.3. The molecule has 6 heteroatoms. The van der Waals surface area contributed by atoms with Crippen LogP contribution in [0.25, 0.3) is 0 Å². The second kappa shape index (κ2) is 11.3. The van der Waals surface area contributed by atoms with Gasteiger partial charge in [0.1, 0.15) is 0 Å². The quantitative estimate of drug-likeness (QED) is 0.347. The van der Waals surface area contributed by atoms with Gasteiger partial charge in [0.25, 0.3) is 0 Å². The van der Waals surface area contributed by atoms with E-state index in [0.29, 0.717) is 17.4 Å². The molecule has 1 saturated carbocycles. The van der Waals surface area contributed by atoms with E-state index in [4.69, 9.17) is 0 Å². The Hall–Kier alpha value is -0.530. The van der Waals surface area contributed by atoms with Crippen LogP contribution in [0, 0.1) is 11.3 Å². The van der Waals surface area contributed by atoms with Gasteiger partial charge in [0, 0.05) is 38.6 Å². The zero-order valence-electron chi connectivity index (χ0n) is 17.1. The fourth-order valence-corrected chi connectivity index (χ4v) is 4.23. The highest BCUT2D eigenvalue weighted by Gasteiger charge is 2.29. The number of halogens is 1. The third kappa shape index (κ3) is 6.57. The number of guanidine groups is 1. The van der Waals surface area contributed by atoms with Crippen molar-refractivity contribution in [2.75, 3.05) is 26.7 Å². The van der Waals surface area contributed by atoms with Gasteiger partial charge in [-0.2, -0.15) is 0 Å². The highest BCUT2D eigenvalue weighted by atomic mass is 127. The lowest BCUT2D eigenvalue weighted by Gasteiger charge is -2.35. The van der Waals surface area contributed by atoms with Gasteiger partial charge in [0.2, 0.25) is 5.91 Å². The average molecular weight is 478 g/mol. The van der Waals surface area contributed by atoms with Crippen LogP contribution in [-0.4, -0.2) is 49.5 Å². The maximum absolute atomic E-state index is 12.5. The van der Waals surface area contributed by atoms with Crippen molar-refractivity contribution < 1.29 is 4.79 Å². The molecule has 0 aromatic heterocycles. The van der Waals surface area contributed by atoms with E-state index in [1.54, 1.807) is 0 Å². The van der Waals surface area contributed by atoms with E-state index in [9.17, 15) is 4.79 Å². The topological polar surface area (TPSA) is 56.7 Å². The Labute approximate surface area is 177 Å². The minimum atomic E-state index is 0. The lowest BCUT2D eigenvalue weighted by molar-refractivity contribution is -0.136. The van der Waals surface area contributed by atoms with Gasteiger partial charge in [0.05, 0.1) is 0 Å². The van der Waals surface area contributed by atoms with Gasteiger partial charge < -0.3 is 15.5 Å². The summed E-state index contributed by atoms with van der Waals surface area (Å²) in [6.45, 7) is 9.33. The fraction of sp³-hybridized carbons (Fsp3) is 0.900. The number of hydrogen-bond acceptors (Lipinski definition) is 2. The van der Waals surface area contributed by atoms with E-state index >= 15 is 0 Å². The van der Waals surface area contributed by atoms with Crippen molar-refractivity contribution in [1.82, 2.24) is 15.5 Å². The van der Waals surface area contributed by atoms with Crippen LogP contribution in [0.15, 0.2) is 4.99 Å². The molecule has 0 spiro atoms. The second-order valence-corrected chi connectivity index (χ2v) is 8.20. The molecule has 2 N–H and O–H groups in total. The maximum Gasteiger partial charge on any atom is 0.225 e. The molecule has 0 bridgehead atoms. The largest absolute Gasteiger partial charge is 0.356 e. The zero-order chi connectivity index (χ0) is 18.3. The van der Waals surface area contributed by atoms with Crippen LogP contribution in [-0.2, 0) is 4.79 Å². The van der Waals surface area contributed by atoms with Gasteiger partial charge in [-0.05, 0) is 43.9 Å². The van der Waals surface area contributed by atoms with Crippen molar-refractivity contribution in [3.63, 3.8) is 0 Å². The summed E-state index contributed by atoms with van der Waals surface area (Å²) in [5, 5.41) is 7.09. The number of rotatable bonds is 6. The molecule has 2 aliphatic rings. The smallest absolute Gasteiger partial charge is 0.225 e. The van der Waals surface area contributed by atoms with E-state index in [2.05, 4.69) is 41.3 Å². The average Bonchev–Trinajstić information content (AvgIpc) is 3.07. The molecule has 0 aromatic rings. The van der Waals surface area contributed by atoms with Crippen molar-refractivity contribution in [2.45, 2.75) is 78.2 Å². The fourth-order valence-electron chi connectivity index (χ4n) is 4.23. The molecule has 1 saturated heterocycles. The van der Waals surface area contributed by atoms with Crippen LogP contribution in [0.3, 0.4) is 0 Å². The Bertz CT molecular complexity index is 451. The summed E-state index contributed by atoms with van der Waals surface area (Å²) in [5.74, 6) is 1.46. The maximum atomic E-state index is 12.5. The number of nitrogens with one attached hydrogen (secondary N) is 2. The number of piperidine rings is 1. The third-order valence-electron chi connectivity index (χ3n) is 6.20. The number of likely N-dealkylation sites (tertiary alicyclic amines) is 1. The number of hydrogen-bond donors (Lipinski definition) is 2. The molecule has 2 rings (SSSR count). The van der Waals surface area contributed by atoms with Crippen molar-refractivity contribution in [3.8, 4) is 0 Å². The van der Waals surface area contributed by atoms with Gasteiger partial charge in [0.15, 0.2) is 5.96 Å². The molecule has 0 unspecified atom stereocenters. The van der Waals surface area contributed by atoms with Gasteiger partial charge in [-0.15, -0.1) is 24.0 Å². The first-order valence-corrected chi connectivity index (χ1v) is 10.3. The van der Waals surface area contributed by atoms with Crippen molar-refractivity contribution in [2.24, 2.45) is 16.3 Å². The first kappa shape index (κ1) is 23.5. The van der Waals surface area contributed by atoms with Crippen molar-refractivity contribution in [3.05, 3.63) is 0 Å². The van der Waals surface area contributed by atoms with E-state index in [-0.39, 0.29) is 29.9 Å². The van der Waals surface area contributed by atoms with E-state index in [0.717, 1.165) is 51.3 Å². The number of nitrogens with zero attached hydrogens (tertiary/aromatic N) is 2. The van der Waals surface area contributed by atoms with Gasteiger partial charge in [-0.25, -0.2) is 0 Å². The predicted octanol–water partition coefficient (Wildman–Crippen LogP) is 3.78. The van der Waals surface area contributed by atoms with Gasteiger partial charge >= 0.3 is 0 Å². The predicted molar refractivity (Wildman–Crippen MR) is 120 cm³/mol. The minimum Gasteiger partial charge on any atom is -0.356 e. The monoisotopic (exact) mass is 478 g/mol. The third-order valence-corrected chi connectivity index (χ3v) is 6.20. The molecule has 0 atom stereocenters.